The quantitative estimate of drug-likeness (QED) is 0.225. The molecule has 0 unspecified atom stereocenters. The maximum Gasteiger partial charge on any atom is 0.235 e. The maximum absolute atomic E-state index is 10.7. The van der Waals surface area contributed by atoms with E-state index in [1.807, 2.05) is 0 Å². The lowest BCUT2D eigenvalue weighted by atomic mass is 10.1. The second-order valence-corrected chi connectivity index (χ2v) is 3.48. The molecule has 0 aliphatic carbocycles. The number of carbonyl (C=O) groups is 1. The number of hydrogen-bond donors (Lipinski definition) is 3. The average Bonchev–Trinajstić information content (AvgIpc) is 2.21. The van der Waals surface area contributed by atoms with E-state index < -0.39 is 0 Å². The van der Waals surface area contributed by atoms with Gasteiger partial charge in [0.05, 0.1) is 0 Å². The molecule has 0 aliphatic rings. The van der Waals surface area contributed by atoms with Crippen molar-refractivity contribution >= 4 is 5.91 Å². The first-order chi connectivity index (χ1) is 6.81. The van der Waals surface area contributed by atoms with Crippen molar-refractivity contribution in [2.24, 2.45) is 5.84 Å². The molecule has 0 aliphatic heterocycles. The summed E-state index contributed by atoms with van der Waals surface area (Å²) in [6, 6.07) is 0. The zero-order valence-electron chi connectivity index (χ0n) is 9.14. The summed E-state index contributed by atoms with van der Waals surface area (Å²) in [4.78, 5) is 10.7. The minimum Gasteiger partial charge on any atom is -0.316 e. The van der Waals surface area contributed by atoms with Gasteiger partial charge in [-0.2, -0.15) is 0 Å². The zero-order chi connectivity index (χ0) is 10.6. The first kappa shape index (κ1) is 13.4. The number of nitrogens with two attached hydrogens (primary N) is 1. The number of amides is 1. The van der Waals surface area contributed by atoms with Gasteiger partial charge in [0, 0.05) is 13.0 Å². The molecule has 4 nitrogen and oxygen atoms in total. The van der Waals surface area contributed by atoms with Crippen LogP contribution in [0.15, 0.2) is 0 Å². The first-order valence-electron chi connectivity index (χ1n) is 5.51. The molecule has 0 heterocycles. The normalized spacial score (nSPS) is 10.1. The number of carbonyl (C=O) groups excluding carboxylic acids is 1. The molecule has 0 aromatic rings. The zero-order valence-corrected chi connectivity index (χ0v) is 9.14. The fourth-order valence-corrected chi connectivity index (χ4v) is 1.25. The smallest absolute Gasteiger partial charge is 0.235 e. The largest absolute Gasteiger partial charge is 0.316 e. The van der Waals surface area contributed by atoms with Crippen LogP contribution < -0.4 is 16.6 Å². The monoisotopic (exact) mass is 201 g/mol. The number of nitrogens with one attached hydrogen (secondary N) is 2. The van der Waals surface area contributed by atoms with Gasteiger partial charge in [0.2, 0.25) is 5.91 Å². The Morgan fingerprint density at radius 2 is 1.86 bits per heavy atom. The summed E-state index contributed by atoms with van der Waals surface area (Å²) >= 11 is 0. The lowest BCUT2D eigenvalue weighted by Gasteiger charge is -2.03. The van der Waals surface area contributed by atoms with Crippen LogP contribution in [0.1, 0.15) is 45.4 Å². The lowest BCUT2D eigenvalue weighted by molar-refractivity contribution is -0.121. The van der Waals surface area contributed by atoms with Gasteiger partial charge in [-0.05, 0) is 13.0 Å². The van der Waals surface area contributed by atoms with E-state index in [1.165, 1.54) is 32.1 Å². The molecular weight excluding hydrogens is 178 g/mol. The van der Waals surface area contributed by atoms with Crippen molar-refractivity contribution in [1.82, 2.24) is 10.7 Å². The van der Waals surface area contributed by atoms with Crippen LogP contribution in [0.4, 0.5) is 0 Å². The summed E-state index contributed by atoms with van der Waals surface area (Å²) in [6.07, 6.45) is 6.88. The average molecular weight is 201 g/mol. The number of hydrazine groups is 1. The van der Waals surface area contributed by atoms with Gasteiger partial charge in [-0.1, -0.05) is 32.6 Å². The summed E-state index contributed by atoms with van der Waals surface area (Å²) in [6.45, 7) is 3.93. The second-order valence-electron chi connectivity index (χ2n) is 3.48. The highest BCUT2D eigenvalue weighted by molar-refractivity contribution is 5.75. The number of rotatable bonds is 9. The first-order valence-corrected chi connectivity index (χ1v) is 5.51. The Balaban J connectivity index is 2.95. The molecule has 0 saturated heterocycles. The topological polar surface area (TPSA) is 67.2 Å². The van der Waals surface area contributed by atoms with E-state index in [9.17, 15) is 4.79 Å². The molecule has 0 spiro atoms. The van der Waals surface area contributed by atoms with Gasteiger partial charge in [-0.3, -0.25) is 10.2 Å². The van der Waals surface area contributed by atoms with E-state index in [2.05, 4.69) is 17.7 Å². The van der Waals surface area contributed by atoms with Crippen molar-refractivity contribution in [3.05, 3.63) is 0 Å². The molecule has 1 amide bonds. The Morgan fingerprint density at radius 1 is 1.14 bits per heavy atom. The highest BCUT2D eigenvalue weighted by Gasteiger charge is 1.96. The van der Waals surface area contributed by atoms with Gasteiger partial charge in [0.1, 0.15) is 0 Å². The minimum absolute atomic E-state index is 0.108. The molecule has 0 radical (unpaired) electrons. The van der Waals surface area contributed by atoms with Crippen molar-refractivity contribution in [1.29, 1.82) is 0 Å². The van der Waals surface area contributed by atoms with Crippen molar-refractivity contribution in [3.63, 3.8) is 0 Å². The van der Waals surface area contributed by atoms with Gasteiger partial charge in [-0.25, -0.2) is 5.84 Å². The standard InChI is InChI=1S/C10H23N3O/c1-2-3-4-5-6-8-12-9-7-10(14)13-11/h12H,2-9,11H2,1H3,(H,13,14). The van der Waals surface area contributed by atoms with Crippen molar-refractivity contribution < 1.29 is 4.79 Å². The van der Waals surface area contributed by atoms with Crippen LogP contribution in [0.2, 0.25) is 0 Å². The van der Waals surface area contributed by atoms with E-state index in [-0.39, 0.29) is 5.91 Å². The molecule has 4 heteroatoms. The van der Waals surface area contributed by atoms with Crippen molar-refractivity contribution in [3.8, 4) is 0 Å². The van der Waals surface area contributed by atoms with Gasteiger partial charge in [-0.15, -0.1) is 0 Å². The molecule has 0 bridgehead atoms. The Labute approximate surface area is 86.6 Å². The van der Waals surface area contributed by atoms with Crippen LogP contribution in [-0.4, -0.2) is 19.0 Å². The number of unbranched alkanes of at least 4 members (excludes halogenated alkanes) is 4. The SMILES string of the molecule is CCCCCCCNCCC(=O)NN. The second kappa shape index (κ2) is 10.5. The van der Waals surface area contributed by atoms with Crippen LogP contribution in [0.3, 0.4) is 0 Å². The lowest BCUT2D eigenvalue weighted by Crippen LogP contribution is -2.32. The molecular formula is C10H23N3O. The Hall–Kier alpha value is -0.610. The molecule has 84 valence electrons. The molecule has 0 fully saturated rings. The molecule has 0 atom stereocenters. The summed E-state index contributed by atoms with van der Waals surface area (Å²) in [5, 5.41) is 3.21. The predicted molar refractivity (Wildman–Crippen MR) is 58.6 cm³/mol. The molecule has 0 saturated carbocycles. The Morgan fingerprint density at radius 3 is 2.50 bits per heavy atom. The predicted octanol–water partition coefficient (Wildman–Crippen LogP) is 0.926. The summed E-state index contributed by atoms with van der Waals surface area (Å²) < 4.78 is 0. The van der Waals surface area contributed by atoms with Gasteiger partial charge in [0.15, 0.2) is 0 Å². The molecule has 4 N–H and O–H groups in total. The van der Waals surface area contributed by atoms with Crippen LogP contribution in [0.25, 0.3) is 0 Å². The third kappa shape index (κ3) is 9.48. The third-order valence-electron chi connectivity index (χ3n) is 2.15. The van der Waals surface area contributed by atoms with Crippen LogP contribution >= 0.6 is 0 Å². The van der Waals surface area contributed by atoms with Gasteiger partial charge >= 0.3 is 0 Å². The highest BCUT2D eigenvalue weighted by Crippen LogP contribution is 2.00. The van der Waals surface area contributed by atoms with E-state index in [0.717, 1.165) is 13.1 Å². The van der Waals surface area contributed by atoms with E-state index >= 15 is 0 Å². The third-order valence-corrected chi connectivity index (χ3v) is 2.15. The minimum atomic E-state index is -0.108. The summed E-state index contributed by atoms with van der Waals surface area (Å²) in [5.74, 6) is 4.83. The Kier molecular flexibility index (Phi) is 10.0. The van der Waals surface area contributed by atoms with Crippen molar-refractivity contribution in [2.75, 3.05) is 13.1 Å². The van der Waals surface area contributed by atoms with Gasteiger partial charge in [0.25, 0.3) is 0 Å². The summed E-state index contributed by atoms with van der Waals surface area (Å²) in [7, 11) is 0. The van der Waals surface area contributed by atoms with Gasteiger partial charge < -0.3 is 5.32 Å². The van der Waals surface area contributed by atoms with E-state index in [4.69, 9.17) is 5.84 Å². The molecule has 14 heavy (non-hydrogen) atoms. The molecule has 0 rings (SSSR count). The summed E-state index contributed by atoms with van der Waals surface area (Å²) in [5.41, 5.74) is 2.10. The fourth-order valence-electron chi connectivity index (χ4n) is 1.25. The highest BCUT2D eigenvalue weighted by atomic mass is 16.2. The van der Waals surface area contributed by atoms with Crippen LogP contribution in [0, 0.1) is 0 Å². The molecule has 0 aromatic heterocycles. The maximum atomic E-state index is 10.7. The molecule has 0 aromatic carbocycles. The van der Waals surface area contributed by atoms with E-state index in [0.29, 0.717) is 6.42 Å². The fraction of sp³-hybridized carbons (Fsp3) is 0.900. The van der Waals surface area contributed by atoms with Crippen LogP contribution in [0.5, 0.6) is 0 Å². The van der Waals surface area contributed by atoms with Crippen LogP contribution in [-0.2, 0) is 4.79 Å². The van der Waals surface area contributed by atoms with Crippen molar-refractivity contribution in [2.45, 2.75) is 45.4 Å². The number of hydrogen-bond acceptors (Lipinski definition) is 3. The van der Waals surface area contributed by atoms with E-state index in [1.54, 1.807) is 0 Å². The Bertz CT molecular complexity index is 139.